The molecule has 0 fully saturated rings. The van der Waals surface area contributed by atoms with Crippen molar-refractivity contribution >= 4 is 23.2 Å². The maximum atomic E-state index is 13.5. The molecule has 166 valence electrons. The number of unbranched alkanes of at least 4 members (excludes halogenated alkanes) is 2. The van der Waals surface area contributed by atoms with Crippen LogP contribution in [0.15, 0.2) is 66.7 Å². The predicted octanol–water partition coefficient (Wildman–Crippen LogP) is 5.84. The molecule has 0 spiro atoms. The largest absolute Gasteiger partial charge is 0.364 e. The van der Waals surface area contributed by atoms with Crippen LogP contribution in [0.2, 0.25) is 0 Å². The number of nitrogens with two attached hydrogens (primary N) is 1. The Hall–Kier alpha value is -3.47. The lowest BCUT2D eigenvalue weighted by molar-refractivity contribution is 0.0991. The Bertz CT molecular complexity index is 992. The van der Waals surface area contributed by atoms with Crippen molar-refractivity contribution in [3.8, 4) is 0 Å². The second-order valence-corrected chi connectivity index (χ2v) is 7.95. The highest BCUT2D eigenvalue weighted by Gasteiger charge is 2.22. The number of rotatable bonds is 10. The Morgan fingerprint density at radius 1 is 0.750 bits per heavy atom. The van der Waals surface area contributed by atoms with Gasteiger partial charge in [0.15, 0.2) is 0 Å². The van der Waals surface area contributed by atoms with E-state index in [1.807, 2.05) is 24.3 Å². The van der Waals surface area contributed by atoms with Gasteiger partial charge in [0.2, 0.25) is 0 Å². The summed E-state index contributed by atoms with van der Waals surface area (Å²) in [5.41, 5.74) is 9.60. The number of carbonyl (C=O) groups excluding carboxylic acids is 2. The molecule has 2 N–H and O–H groups in total. The zero-order chi connectivity index (χ0) is 22.9. The number of hydrogen-bond donors (Lipinski definition) is 1. The van der Waals surface area contributed by atoms with E-state index in [4.69, 9.17) is 5.73 Å². The van der Waals surface area contributed by atoms with Crippen LogP contribution in [0.25, 0.3) is 0 Å². The van der Waals surface area contributed by atoms with Crippen LogP contribution >= 0.6 is 0 Å². The number of aromatic nitrogens is 1. The van der Waals surface area contributed by atoms with E-state index in [1.165, 1.54) is 17.2 Å². The van der Waals surface area contributed by atoms with E-state index in [0.717, 1.165) is 49.9 Å². The number of benzene rings is 2. The molecule has 32 heavy (non-hydrogen) atoms. The maximum Gasteiger partial charge on any atom is 0.281 e. The highest BCUT2D eigenvalue weighted by molar-refractivity contribution is 6.10. The van der Waals surface area contributed by atoms with E-state index >= 15 is 0 Å². The van der Waals surface area contributed by atoms with Crippen LogP contribution in [0.3, 0.4) is 0 Å². The van der Waals surface area contributed by atoms with Gasteiger partial charge in [0.05, 0.1) is 0 Å². The molecule has 0 aliphatic heterocycles. The lowest BCUT2D eigenvalue weighted by Crippen LogP contribution is -2.27. The number of primary amides is 1. The summed E-state index contributed by atoms with van der Waals surface area (Å²) in [7, 11) is 0. The van der Waals surface area contributed by atoms with E-state index < -0.39 is 5.91 Å². The summed E-state index contributed by atoms with van der Waals surface area (Å²) in [5.74, 6) is -0.970. The molecular formula is C27H31N3O2. The molecule has 5 heteroatoms. The fourth-order valence-corrected chi connectivity index (χ4v) is 3.57. The summed E-state index contributed by atoms with van der Waals surface area (Å²) in [5, 5.41) is 0. The highest BCUT2D eigenvalue weighted by atomic mass is 16.2. The van der Waals surface area contributed by atoms with Crippen molar-refractivity contribution in [3.05, 3.63) is 89.2 Å². The first-order valence-electron chi connectivity index (χ1n) is 11.3. The van der Waals surface area contributed by atoms with Crippen molar-refractivity contribution in [2.45, 2.75) is 52.4 Å². The van der Waals surface area contributed by atoms with Crippen molar-refractivity contribution in [3.63, 3.8) is 0 Å². The monoisotopic (exact) mass is 429 g/mol. The number of pyridine rings is 1. The smallest absolute Gasteiger partial charge is 0.281 e. The molecule has 2 amide bonds. The molecule has 5 nitrogen and oxygen atoms in total. The maximum absolute atomic E-state index is 13.5. The Kier molecular flexibility index (Phi) is 8.14. The molecule has 0 saturated heterocycles. The van der Waals surface area contributed by atoms with Crippen molar-refractivity contribution in [1.82, 2.24) is 4.98 Å². The van der Waals surface area contributed by atoms with Crippen molar-refractivity contribution in [1.29, 1.82) is 0 Å². The molecule has 0 aliphatic rings. The average Bonchev–Trinajstić information content (AvgIpc) is 2.83. The molecule has 0 radical (unpaired) electrons. The van der Waals surface area contributed by atoms with Gasteiger partial charge in [0.25, 0.3) is 11.8 Å². The molecule has 1 heterocycles. The van der Waals surface area contributed by atoms with Gasteiger partial charge < -0.3 is 5.73 Å². The minimum absolute atomic E-state index is 0.0700. The molecule has 3 rings (SSSR count). The number of amides is 2. The number of carbonyl (C=O) groups is 2. The summed E-state index contributed by atoms with van der Waals surface area (Å²) < 4.78 is 0. The SMILES string of the molecule is CCCCc1ccc(N(C(=O)c2cccc(C(N)=O)n2)c2ccc(CCCC)cc2)cc1. The quantitative estimate of drug-likeness (QED) is 0.439. The van der Waals surface area contributed by atoms with E-state index in [1.54, 1.807) is 17.0 Å². The zero-order valence-corrected chi connectivity index (χ0v) is 18.9. The van der Waals surface area contributed by atoms with E-state index in [9.17, 15) is 9.59 Å². The minimum atomic E-state index is -0.660. The second-order valence-electron chi connectivity index (χ2n) is 7.95. The van der Waals surface area contributed by atoms with Crippen LogP contribution in [0.4, 0.5) is 11.4 Å². The molecule has 0 saturated carbocycles. The molecule has 1 aromatic heterocycles. The highest BCUT2D eigenvalue weighted by Crippen LogP contribution is 2.28. The van der Waals surface area contributed by atoms with Crippen LogP contribution in [0.1, 0.15) is 71.6 Å². The molecule has 0 aliphatic carbocycles. The minimum Gasteiger partial charge on any atom is -0.364 e. The average molecular weight is 430 g/mol. The zero-order valence-electron chi connectivity index (χ0n) is 18.9. The van der Waals surface area contributed by atoms with Crippen LogP contribution in [0, 0.1) is 0 Å². The van der Waals surface area contributed by atoms with Gasteiger partial charge in [-0.3, -0.25) is 14.5 Å². The molecule has 3 aromatic rings. The lowest BCUT2D eigenvalue weighted by Gasteiger charge is -2.23. The second kappa shape index (κ2) is 11.2. The summed E-state index contributed by atoms with van der Waals surface area (Å²) in [6, 6.07) is 20.8. The van der Waals surface area contributed by atoms with Crippen molar-refractivity contribution in [2.75, 3.05) is 4.90 Å². The van der Waals surface area contributed by atoms with E-state index in [-0.39, 0.29) is 17.3 Å². The van der Waals surface area contributed by atoms with Crippen LogP contribution in [-0.2, 0) is 12.8 Å². The van der Waals surface area contributed by atoms with Crippen LogP contribution < -0.4 is 10.6 Å². The van der Waals surface area contributed by atoms with Gasteiger partial charge in [-0.25, -0.2) is 4.98 Å². The third kappa shape index (κ3) is 5.82. The van der Waals surface area contributed by atoms with Gasteiger partial charge in [-0.15, -0.1) is 0 Å². The van der Waals surface area contributed by atoms with Gasteiger partial charge in [-0.2, -0.15) is 0 Å². The van der Waals surface area contributed by atoms with Crippen LogP contribution in [0.5, 0.6) is 0 Å². The van der Waals surface area contributed by atoms with Gasteiger partial charge in [0.1, 0.15) is 11.4 Å². The molecule has 0 atom stereocenters. The summed E-state index contributed by atoms with van der Waals surface area (Å²) in [6.07, 6.45) is 6.56. The first-order valence-corrected chi connectivity index (χ1v) is 11.3. The number of hydrogen-bond acceptors (Lipinski definition) is 3. The fraction of sp³-hybridized carbons (Fsp3) is 0.296. The van der Waals surface area contributed by atoms with Crippen LogP contribution in [-0.4, -0.2) is 16.8 Å². The summed E-state index contributed by atoms with van der Waals surface area (Å²) in [6.45, 7) is 4.35. The Balaban J connectivity index is 1.98. The first-order chi connectivity index (χ1) is 15.5. The summed E-state index contributed by atoms with van der Waals surface area (Å²) >= 11 is 0. The predicted molar refractivity (Wildman–Crippen MR) is 129 cm³/mol. The van der Waals surface area contributed by atoms with Gasteiger partial charge in [0, 0.05) is 11.4 Å². The number of anilines is 2. The third-order valence-electron chi connectivity index (χ3n) is 5.45. The Labute approximate surface area is 190 Å². The van der Waals surface area contributed by atoms with Gasteiger partial charge in [-0.1, -0.05) is 57.0 Å². The van der Waals surface area contributed by atoms with E-state index in [0.29, 0.717) is 0 Å². The normalized spacial score (nSPS) is 10.7. The molecular weight excluding hydrogens is 398 g/mol. The third-order valence-corrected chi connectivity index (χ3v) is 5.45. The first kappa shape index (κ1) is 23.2. The van der Waals surface area contributed by atoms with E-state index in [2.05, 4.69) is 43.1 Å². The fourth-order valence-electron chi connectivity index (χ4n) is 3.57. The lowest BCUT2D eigenvalue weighted by atomic mass is 10.1. The Morgan fingerprint density at radius 2 is 1.22 bits per heavy atom. The molecule has 0 unspecified atom stereocenters. The molecule has 2 aromatic carbocycles. The Morgan fingerprint density at radius 3 is 1.66 bits per heavy atom. The topological polar surface area (TPSA) is 76.3 Å². The standard InChI is InChI=1S/C27H31N3O2/c1-3-5-8-20-12-16-22(17-13-20)30(23-18-14-21(15-19-23)9-6-4-2)27(32)25-11-7-10-24(29-25)26(28)31/h7,10-19H,3-6,8-9H2,1-2H3,(H2,28,31). The van der Waals surface area contributed by atoms with Crippen molar-refractivity contribution < 1.29 is 9.59 Å². The van der Waals surface area contributed by atoms with Gasteiger partial charge >= 0.3 is 0 Å². The molecule has 0 bridgehead atoms. The summed E-state index contributed by atoms with van der Waals surface area (Å²) in [4.78, 5) is 30.9. The van der Waals surface area contributed by atoms with Crippen molar-refractivity contribution in [2.24, 2.45) is 5.73 Å². The number of aryl methyl sites for hydroxylation is 2. The van der Waals surface area contributed by atoms with Gasteiger partial charge in [-0.05, 0) is 73.2 Å². The number of nitrogens with zero attached hydrogens (tertiary/aromatic N) is 2.